The number of thiocarbonyl (C=S) groups is 1. The zero-order valence-electron chi connectivity index (χ0n) is 14.9. The number of carbonyl (C=O) groups excluding carboxylic acids is 1. The minimum Gasteiger partial charge on any atom is -0.497 e. The van der Waals surface area contributed by atoms with Crippen LogP contribution in [0.2, 0.25) is 0 Å². The van der Waals surface area contributed by atoms with E-state index in [-0.39, 0.29) is 12.3 Å². The number of aromatic nitrogens is 1. The van der Waals surface area contributed by atoms with E-state index in [1.165, 1.54) is 11.8 Å². The standard InChI is InChI=1S/C19H20N2O4S2/c1-25-13-6-7-14-12(11-20-15(14)10-13)9-16-18(24)21(19(26)27-16)8-4-2-3-5-17(22)23/h6-7,9-11,20H,2-5,8H2,1H3,(H,22,23)/b16-9-. The summed E-state index contributed by atoms with van der Waals surface area (Å²) in [5.41, 5.74) is 1.86. The predicted octanol–water partition coefficient (Wildman–Crippen LogP) is 4.02. The van der Waals surface area contributed by atoms with E-state index in [2.05, 4.69) is 4.98 Å². The molecule has 6 nitrogen and oxygen atoms in total. The van der Waals surface area contributed by atoms with Gasteiger partial charge in [0.2, 0.25) is 0 Å². The number of nitrogens with zero attached hydrogens (tertiary/aromatic N) is 1. The van der Waals surface area contributed by atoms with Crippen LogP contribution in [0.4, 0.5) is 0 Å². The third kappa shape index (κ3) is 4.51. The summed E-state index contributed by atoms with van der Waals surface area (Å²) in [7, 11) is 1.62. The van der Waals surface area contributed by atoms with Crippen LogP contribution in [-0.4, -0.2) is 44.8 Å². The number of hydrogen-bond donors (Lipinski definition) is 2. The van der Waals surface area contributed by atoms with Crippen molar-refractivity contribution in [1.29, 1.82) is 0 Å². The molecule has 1 aromatic carbocycles. The largest absolute Gasteiger partial charge is 0.497 e. The number of benzene rings is 1. The Hall–Kier alpha value is -2.32. The highest BCUT2D eigenvalue weighted by molar-refractivity contribution is 8.26. The van der Waals surface area contributed by atoms with Gasteiger partial charge in [-0.05, 0) is 31.1 Å². The quantitative estimate of drug-likeness (QED) is 0.393. The van der Waals surface area contributed by atoms with Crippen molar-refractivity contribution >= 4 is 57.2 Å². The molecule has 1 amide bonds. The number of carboxylic acids is 1. The maximum Gasteiger partial charge on any atom is 0.303 e. The molecule has 1 aliphatic heterocycles. The summed E-state index contributed by atoms with van der Waals surface area (Å²) >= 11 is 6.65. The molecule has 142 valence electrons. The van der Waals surface area contributed by atoms with Crippen molar-refractivity contribution in [3.63, 3.8) is 0 Å². The van der Waals surface area contributed by atoms with Gasteiger partial charge in [-0.25, -0.2) is 0 Å². The highest BCUT2D eigenvalue weighted by Crippen LogP contribution is 2.34. The molecule has 2 N–H and O–H groups in total. The lowest BCUT2D eigenvalue weighted by molar-refractivity contribution is -0.137. The number of aromatic amines is 1. The van der Waals surface area contributed by atoms with Crippen LogP contribution in [0, 0.1) is 0 Å². The normalized spacial score (nSPS) is 15.9. The molecule has 1 aromatic heterocycles. The van der Waals surface area contributed by atoms with Gasteiger partial charge >= 0.3 is 5.97 Å². The van der Waals surface area contributed by atoms with E-state index in [9.17, 15) is 9.59 Å². The Morgan fingerprint density at radius 2 is 2.19 bits per heavy atom. The molecule has 27 heavy (non-hydrogen) atoms. The Bertz CT molecular complexity index is 920. The molecule has 0 atom stereocenters. The van der Waals surface area contributed by atoms with E-state index in [0.29, 0.717) is 22.2 Å². The maximum absolute atomic E-state index is 12.7. The summed E-state index contributed by atoms with van der Waals surface area (Å²) in [6.45, 7) is 0.521. The number of carboxylic acid groups (broad SMARTS) is 1. The smallest absolute Gasteiger partial charge is 0.303 e. The molecular weight excluding hydrogens is 384 g/mol. The van der Waals surface area contributed by atoms with Crippen LogP contribution in [0.15, 0.2) is 29.3 Å². The predicted molar refractivity (Wildman–Crippen MR) is 111 cm³/mol. The van der Waals surface area contributed by atoms with Crippen molar-refractivity contribution in [1.82, 2.24) is 9.88 Å². The Morgan fingerprint density at radius 1 is 1.37 bits per heavy atom. The molecule has 2 aromatic rings. The highest BCUT2D eigenvalue weighted by Gasteiger charge is 2.31. The molecule has 8 heteroatoms. The average Bonchev–Trinajstić information content (AvgIpc) is 3.16. The van der Waals surface area contributed by atoms with Crippen LogP contribution < -0.4 is 4.74 Å². The minimum absolute atomic E-state index is 0.0916. The van der Waals surface area contributed by atoms with E-state index in [4.69, 9.17) is 22.1 Å². The average molecular weight is 405 g/mol. The first-order valence-electron chi connectivity index (χ1n) is 8.62. The summed E-state index contributed by atoms with van der Waals surface area (Å²) in [5, 5.41) is 9.67. The summed E-state index contributed by atoms with van der Waals surface area (Å²) in [6.07, 6.45) is 5.98. The topological polar surface area (TPSA) is 82.6 Å². The van der Waals surface area contributed by atoms with Crippen molar-refractivity contribution in [2.24, 2.45) is 0 Å². The lowest BCUT2D eigenvalue weighted by Crippen LogP contribution is -2.29. The van der Waals surface area contributed by atoms with E-state index in [0.717, 1.165) is 35.1 Å². The van der Waals surface area contributed by atoms with Crippen LogP contribution in [0.1, 0.15) is 31.2 Å². The second-order valence-electron chi connectivity index (χ2n) is 6.19. The van der Waals surface area contributed by atoms with Gasteiger partial charge in [-0.2, -0.15) is 0 Å². The van der Waals surface area contributed by atoms with Crippen LogP contribution in [0.5, 0.6) is 5.75 Å². The molecular formula is C19H20N2O4S2. The van der Waals surface area contributed by atoms with Crippen LogP contribution in [0.3, 0.4) is 0 Å². The molecule has 1 aliphatic rings. The fourth-order valence-electron chi connectivity index (χ4n) is 2.93. The number of methoxy groups -OCH3 is 1. The Labute approximate surface area is 166 Å². The van der Waals surface area contributed by atoms with Crippen molar-refractivity contribution in [2.45, 2.75) is 25.7 Å². The third-order valence-electron chi connectivity index (χ3n) is 4.35. The Balaban J connectivity index is 1.68. The monoisotopic (exact) mass is 404 g/mol. The number of H-pyrrole nitrogens is 1. The molecule has 0 aliphatic carbocycles. The van der Waals surface area contributed by atoms with Gasteiger partial charge in [0.05, 0.1) is 12.0 Å². The van der Waals surface area contributed by atoms with E-state index in [1.807, 2.05) is 30.5 Å². The van der Waals surface area contributed by atoms with E-state index in [1.54, 1.807) is 12.0 Å². The minimum atomic E-state index is -0.792. The first-order valence-corrected chi connectivity index (χ1v) is 9.84. The van der Waals surface area contributed by atoms with Gasteiger partial charge in [0.25, 0.3) is 5.91 Å². The Morgan fingerprint density at radius 3 is 2.93 bits per heavy atom. The van der Waals surface area contributed by atoms with Gasteiger partial charge in [0.1, 0.15) is 10.1 Å². The number of fused-ring (bicyclic) bond motifs is 1. The van der Waals surface area contributed by atoms with E-state index < -0.39 is 5.97 Å². The molecule has 0 bridgehead atoms. The third-order valence-corrected chi connectivity index (χ3v) is 5.73. The fourth-order valence-corrected chi connectivity index (χ4v) is 4.23. The van der Waals surface area contributed by atoms with Gasteiger partial charge < -0.3 is 14.8 Å². The van der Waals surface area contributed by atoms with Crippen molar-refractivity contribution < 1.29 is 19.4 Å². The van der Waals surface area contributed by atoms with Gasteiger partial charge in [-0.1, -0.05) is 30.4 Å². The molecule has 1 saturated heterocycles. The fraction of sp³-hybridized carbons (Fsp3) is 0.316. The van der Waals surface area contributed by atoms with Crippen molar-refractivity contribution in [2.75, 3.05) is 13.7 Å². The number of unbranched alkanes of at least 4 members (excludes halogenated alkanes) is 2. The first kappa shape index (κ1) is 19.4. The van der Waals surface area contributed by atoms with Crippen LogP contribution in [-0.2, 0) is 9.59 Å². The molecule has 0 unspecified atom stereocenters. The summed E-state index contributed by atoms with van der Waals surface area (Å²) in [5.74, 6) is -0.115. The number of amides is 1. The number of thioether (sulfide) groups is 1. The molecule has 0 saturated carbocycles. The van der Waals surface area contributed by atoms with Crippen molar-refractivity contribution in [3.05, 3.63) is 34.9 Å². The summed E-state index contributed by atoms with van der Waals surface area (Å²) in [6, 6.07) is 5.75. The van der Waals surface area contributed by atoms with Gasteiger partial charge in [-0.15, -0.1) is 0 Å². The number of nitrogens with one attached hydrogen (secondary N) is 1. The van der Waals surface area contributed by atoms with Gasteiger partial charge in [0.15, 0.2) is 0 Å². The lowest BCUT2D eigenvalue weighted by Gasteiger charge is -2.13. The summed E-state index contributed by atoms with van der Waals surface area (Å²) < 4.78 is 5.78. The van der Waals surface area contributed by atoms with Crippen LogP contribution in [0.25, 0.3) is 17.0 Å². The second kappa shape index (κ2) is 8.58. The zero-order valence-corrected chi connectivity index (χ0v) is 16.5. The zero-order chi connectivity index (χ0) is 19.4. The number of rotatable bonds is 8. The number of carbonyl (C=O) groups is 2. The lowest BCUT2D eigenvalue weighted by atomic mass is 10.1. The summed E-state index contributed by atoms with van der Waals surface area (Å²) in [4.78, 5) is 28.6. The highest BCUT2D eigenvalue weighted by atomic mass is 32.2. The number of hydrogen-bond acceptors (Lipinski definition) is 5. The Kier molecular flexibility index (Phi) is 6.18. The SMILES string of the molecule is COc1ccc2c(/C=C3\SC(=S)N(CCCCCC(=O)O)C3=O)c[nH]c2c1. The first-order chi connectivity index (χ1) is 13.0. The molecule has 0 spiro atoms. The van der Waals surface area contributed by atoms with Crippen LogP contribution >= 0.6 is 24.0 Å². The molecule has 2 heterocycles. The van der Waals surface area contributed by atoms with Gasteiger partial charge in [0, 0.05) is 41.7 Å². The maximum atomic E-state index is 12.7. The van der Waals surface area contributed by atoms with Crippen molar-refractivity contribution in [3.8, 4) is 5.75 Å². The molecule has 1 fully saturated rings. The number of ether oxygens (including phenoxy) is 1. The number of aliphatic carboxylic acids is 1. The van der Waals surface area contributed by atoms with E-state index >= 15 is 0 Å². The second-order valence-corrected chi connectivity index (χ2v) is 7.87. The molecule has 0 radical (unpaired) electrons. The van der Waals surface area contributed by atoms with Gasteiger partial charge in [-0.3, -0.25) is 14.5 Å². The molecule has 3 rings (SSSR count).